The largest absolute Gasteiger partial charge is 0.311 e. The first-order chi connectivity index (χ1) is 8.01. The van der Waals surface area contributed by atoms with Gasteiger partial charge in [0.1, 0.15) is 6.29 Å². The number of hydrogen-bond donors (Lipinski definition) is 1. The highest BCUT2D eigenvalue weighted by atomic mass is 16.1. The summed E-state index contributed by atoms with van der Waals surface area (Å²) in [6.45, 7) is 4.16. The fraction of sp³-hybridized carbons (Fsp3) is 0.429. The van der Waals surface area contributed by atoms with E-state index in [2.05, 4.69) is 19.2 Å². The smallest absolute Gasteiger partial charge is 0.163 e. The normalized spacial score (nSPS) is 11.2. The van der Waals surface area contributed by atoms with Crippen molar-refractivity contribution in [2.24, 2.45) is 0 Å². The number of nitrogens with one attached hydrogen (secondary N) is 1. The predicted molar refractivity (Wildman–Crippen MR) is 68.2 cm³/mol. The van der Waals surface area contributed by atoms with E-state index in [9.17, 15) is 9.59 Å². The minimum absolute atomic E-state index is 0.0194. The van der Waals surface area contributed by atoms with Gasteiger partial charge >= 0.3 is 0 Å². The van der Waals surface area contributed by atoms with Gasteiger partial charge in [0, 0.05) is 23.9 Å². The fourth-order valence-electron chi connectivity index (χ4n) is 1.55. The van der Waals surface area contributed by atoms with Gasteiger partial charge in [0.2, 0.25) is 0 Å². The molecule has 1 aromatic carbocycles. The zero-order valence-electron chi connectivity index (χ0n) is 10.6. The minimum Gasteiger partial charge on any atom is -0.311 e. The summed E-state index contributed by atoms with van der Waals surface area (Å²) in [5, 5.41) is 3.21. The van der Waals surface area contributed by atoms with Crippen molar-refractivity contribution in [2.45, 2.75) is 32.2 Å². The quantitative estimate of drug-likeness (QED) is 0.606. The van der Waals surface area contributed by atoms with Crippen LogP contribution >= 0.6 is 0 Å². The lowest BCUT2D eigenvalue weighted by atomic mass is 9.93. The summed E-state index contributed by atoms with van der Waals surface area (Å²) in [6, 6.07) is 7.54. The van der Waals surface area contributed by atoms with Crippen LogP contribution in [-0.2, 0) is 10.3 Å². The molecule has 1 rings (SSSR count). The number of hydrogen-bond acceptors (Lipinski definition) is 3. The number of ketones is 1. The Labute approximate surface area is 102 Å². The van der Waals surface area contributed by atoms with Gasteiger partial charge in [-0.05, 0) is 26.5 Å². The Morgan fingerprint density at radius 2 is 1.88 bits per heavy atom. The third-order valence-corrected chi connectivity index (χ3v) is 3.04. The van der Waals surface area contributed by atoms with Gasteiger partial charge in [0.15, 0.2) is 5.78 Å². The standard InChI is InChI=1S/C14H19NO2/c1-14(2,15-3)12-8-6-11(7-9-12)13(17)5-4-10-16/h6-10,15H,4-5H2,1-3H3. The first kappa shape index (κ1) is 13.6. The molecule has 1 N–H and O–H groups in total. The molecule has 0 unspecified atom stereocenters. The van der Waals surface area contributed by atoms with Gasteiger partial charge in [0.25, 0.3) is 0 Å². The number of Topliss-reactive ketones (excluding diaryl/α,β-unsaturated/α-hetero) is 1. The molecule has 0 spiro atoms. The Kier molecular flexibility index (Phi) is 4.58. The third-order valence-electron chi connectivity index (χ3n) is 3.04. The topological polar surface area (TPSA) is 46.2 Å². The molecule has 0 bridgehead atoms. The van der Waals surface area contributed by atoms with Crippen LogP contribution in [0.3, 0.4) is 0 Å². The second-order valence-corrected chi connectivity index (χ2v) is 4.58. The molecule has 92 valence electrons. The number of aldehydes is 1. The first-order valence-electron chi connectivity index (χ1n) is 5.77. The summed E-state index contributed by atoms with van der Waals surface area (Å²) < 4.78 is 0. The highest BCUT2D eigenvalue weighted by molar-refractivity contribution is 5.96. The SMILES string of the molecule is CNC(C)(C)c1ccc(C(=O)CCC=O)cc1. The maximum absolute atomic E-state index is 11.7. The number of carbonyl (C=O) groups excluding carboxylic acids is 2. The lowest BCUT2D eigenvalue weighted by Gasteiger charge is -2.24. The first-order valence-corrected chi connectivity index (χ1v) is 5.77. The van der Waals surface area contributed by atoms with Gasteiger partial charge in [-0.2, -0.15) is 0 Å². The highest BCUT2D eigenvalue weighted by Gasteiger charge is 2.17. The van der Waals surface area contributed by atoms with Crippen LogP contribution in [0.15, 0.2) is 24.3 Å². The Balaban J connectivity index is 2.81. The summed E-state index contributed by atoms with van der Waals surface area (Å²) >= 11 is 0. The number of benzene rings is 1. The highest BCUT2D eigenvalue weighted by Crippen LogP contribution is 2.20. The zero-order chi connectivity index (χ0) is 12.9. The third kappa shape index (κ3) is 3.49. The van der Waals surface area contributed by atoms with Crippen molar-refractivity contribution in [3.05, 3.63) is 35.4 Å². The lowest BCUT2D eigenvalue weighted by molar-refractivity contribution is -0.107. The molecule has 0 amide bonds. The van der Waals surface area contributed by atoms with Crippen molar-refractivity contribution in [2.75, 3.05) is 7.05 Å². The molecule has 0 saturated carbocycles. The van der Waals surface area contributed by atoms with Crippen molar-refractivity contribution in [3.63, 3.8) is 0 Å². The molecule has 0 fully saturated rings. The van der Waals surface area contributed by atoms with Crippen LogP contribution in [0, 0.1) is 0 Å². The van der Waals surface area contributed by atoms with Crippen LogP contribution in [0.1, 0.15) is 42.6 Å². The summed E-state index contributed by atoms with van der Waals surface area (Å²) in [5.41, 5.74) is 1.69. The molecule has 0 aliphatic heterocycles. The Morgan fingerprint density at radius 1 is 1.29 bits per heavy atom. The molecular formula is C14H19NO2. The van der Waals surface area contributed by atoms with Crippen LogP contribution in [0.2, 0.25) is 0 Å². The zero-order valence-corrected chi connectivity index (χ0v) is 10.6. The van der Waals surface area contributed by atoms with E-state index in [1.165, 1.54) is 0 Å². The molecule has 0 aromatic heterocycles. The van der Waals surface area contributed by atoms with E-state index in [1.807, 2.05) is 31.3 Å². The summed E-state index contributed by atoms with van der Waals surface area (Å²) in [5.74, 6) is 0.0194. The average molecular weight is 233 g/mol. The van der Waals surface area contributed by atoms with Gasteiger partial charge in [-0.15, -0.1) is 0 Å². The molecule has 0 radical (unpaired) electrons. The van der Waals surface area contributed by atoms with E-state index < -0.39 is 0 Å². The van der Waals surface area contributed by atoms with Crippen molar-refractivity contribution < 1.29 is 9.59 Å². The summed E-state index contributed by atoms with van der Waals surface area (Å²) in [4.78, 5) is 21.9. The predicted octanol–water partition coefficient (Wildman–Crippen LogP) is 2.30. The van der Waals surface area contributed by atoms with E-state index in [4.69, 9.17) is 0 Å². The van der Waals surface area contributed by atoms with E-state index in [1.54, 1.807) is 0 Å². The van der Waals surface area contributed by atoms with Gasteiger partial charge in [-0.25, -0.2) is 0 Å². The average Bonchev–Trinajstić information content (AvgIpc) is 2.36. The Bertz CT molecular complexity index is 393. The monoisotopic (exact) mass is 233 g/mol. The number of carbonyl (C=O) groups is 2. The molecule has 0 aliphatic carbocycles. The van der Waals surface area contributed by atoms with Crippen LogP contribution in [0.4, 0.5) is 0 Å². The molecule has 3 nitrogen and oxygen atoms in total. The van der Waals surface area contributed by atoms with E-state index in [0.717, 1.165) is 11.8 Å². The molecular weight excluding hydrogens is 214 g/mol. The maximum Gasteiger partial charge on any atom is 0.163 e. The van der Waals surface area contributed by atoms with Gasteiger partial charge in [0.05, 0.1) is 0 Å². The summed E-state index contributed by atoms with van der Waals surface area (Å²) in [7, 11) is 1.91. The van der Waals surface area contributed by atoms with E-state index in [0.29, 0.717) is 12.0 Å². The second kappa shape index (κ2) is 5.73. The number of rotatable bonds is 6. The van der Waals surface area contributed by atoms with E-state index >= 15 is 0 Å². The Hall–Kier alpha value is -1.48. The molecule has 0 aliphatic rings. The van der Waals surface area contributed by atoms with Crippen molar-refractivity contribution in [1.29, 1.82) is 0 Å². The molecule has 0 heterocycles. The van der Waals surface area contributed by atoms with E-state index in [-0.39, 0.29) is 17.7 Å². The van der Waals surface area contributed by atoms with Crippen LogP contribution in [0.5, 0.6) is 0 Å². The van der Waals surface area contributed by atoms with Crippen molar-refractivity contribution in [1.82, 2.24) is 5.32 Å². The Morgan fingerprint density at radius 3 is 2.35 bits per heavy atom. The van der Waals surface area contributed by atoms with Crippen LogP contribution < -0.4 is 5.32 Å². The van der Waals surface area contributed by atoms with Crippen LogP contribution in [-0.4, -0.2) is 19.1 Å². The van der Waals surface area contributed by atoms with Gasteiger partial charge in [-0.3, -0.25) is 4.79 Å². The second-order valence-electron chi connectivity index (χ2n) is 4.58. The van der Waals surface area contributed by atoms with Crippen LogP contribution in [0.25, 0.3) is 0 Å². The molecule has 3 heteroatoms. The molecule has 17 heavy (non-hydrogen) atoms. The molecule has 0 saturated heterocycles. The summed E-state index contributed by atoms with van der Waals surface area (Å²) in [6.07, 6.45) is 1.36. The fourth-order valence-corrected chi connectivity index (χ4v) is 1.55. The van der Waals surface area contributed by atoms with Gasteiger partial charge in [-0.1, -0.05) is 24.3 Å². The van der Waals surface area contributed by atoms with Gasteiger partial charge < -0.3 is 10.1 Å². The molecule has 0 atom stereocenters. The lowest BCUT2D eigenvalue weighted by Crippen LogP contribution is -2.33. The minimum atomic E-state index is -0.107. The maximum atomic E-state index is 11.7. The molecule has 1 aromatic rings. The van der Waals surface area contributed by atoms with Crippen molar-refractivity contribution in [3.8, 4) is 0 Å². The van der Waals surface area contributed by atoms with Crippen molar-refractivity contribution >= 4 is 12.1 Å².